The van der Waals surface area contributed by atoms with Crippen molar-refractivity contribution in [2.24, 2.45) is 0 Å². The van der Waals surface area contributed by atoms with Crippen LogP contribution in [0, 0.1) is 6.92 Å². The van der Waals surface area contributed by atoms with Crippen molar-refractivity contribution in [2.45, 2.75) is 71.0 Å². The predicted octanol–water partition coefficient (Wildman–Crippen LogP) is 3.91. The number of benzene rings is 1. The molecule has 3 aromatic heterocycles. The van der Waals surface area contributed by atoms with E-state index in [1.807, 2.05) is 24.4 Å². The Hall–Kier alpha value is -5.45. The van der Waals surface area contributed by atoms with Crippen LogP contribution in [-0.4, -0.2) is 129 Å². The molecule has 4 aromatic rings. The summed E-state index contributed by atoms with van der Waals surface area (Å²) >= 11 is 6.94. The van der Waals surface area contributed by atoms with E-state index in [1.165, 1.54) is 6.92 Å². The third-order valence-electron chi connectivity index (χ3n) is 13.0. The predicted molar refractivity (Wildman–Crippen MR) is 228 cm³/mol. The van der Waals surface area contributed by atoms with Gasteiger partial charge in [-0.25, -0.2) is 9.97 Å². The quantitative estimate of drug-likeness (QED) is 0.174. The molecule has 1 aromatic carbocycles. The molecular formula is C43H50ClN11O5. The van der Waals surface area contributed by atoms with Crippen LogP contribution in [0.3, 0.4) is 0 Å². The van der Waals surface area contributed by atoms with Crippen molar-refractivity contribution in [3.05, 3.63) is 74.3 Å². The number of carbonyl (C=O) groups is 4. The number of imide groups is 1. The molecular weight excluding hydrogens is 786 g/mol. The number of fused-ring (bicyclic) bond motifs is 2. The smallest absolute Gasteiger partial charge is 0.263 e. The molecule has 3 saturated heterocycles. The number of hydrogen-bond donors (Lipinski definition) is 2. The van der Waals surface area contributed by atoms with Crippen molar-refractivity contribution < 1.29 is 19.2 Å². The first-order valence-corrected chi connectivity index (χ1v) is 21.5. The topological polar surface area (TPSA) is 169 Å². The minimum Gasteiger partial charge on any atom is -0.368 e. The van der Waals surface area contributed by atoms with Crippen LogP contribution in [0.5, 0.6) is 0 Å². The van der Waals surface area contributed by atoms with Gasteiger partial charge >= 0.3 is 0 Å². The number of nitrogens with one attached hydrogen (secondary N) is 2. The Morgan fingerprint density at radius 2 is 1.57 bits per heavy atom. The summed E-state index contributed by atoms with van der Waals surface area (Å²) in [5, 5.41) is 6.86. The Kier molecular flexibility index (Phi) is 11.0. The lowest BCUT2D eigenvalue weighted by molar-refractivity contribution is -0.136. The first kappa shape index (κ1) is 40.0. The third kappa shape index (κ3) is 7.60. The molecule has 9 rings (SSSR count). The lowest BCUT2D eigenvalue weighted by Crippen LogP contribution is -2.52. The van der Waals surface area contributed by atoms with E-state index in [2.05, 4.69) is 46.3 Å². The molecule has 3 amide bonds. The number of halogens is 1. The number of rotatable bonds is 10. The molecule has 4 fully saturated rings. The molecule has 1 saturated carbocycles. The number of aromatic nitrogens is 4. The first-order chi connectivity index (χ1) is 29.0. The number of anilines is 4. The minimum absolute atomic E-state index is 0.0117. The van der Waals surface area contributed by atoms with Crippen LogP contribution in [0.25, 0.3) is 11.0 Å². The highest BCUT2D eigenvalue weighted by Crippen LogP contribution is 2.38. The van der Waals surface area contributed by atoms with Crippen LogP contribution < -0.4 is 26.0 Å². The Bertz CT molecular complexity index is 2420. The molecule has 314 valence electrons. The van der Waals surface area contributed by atoms with Gasteiger partial charge in [0.2, 0.25) is 17.8 Å². The van der Waals surface area contributed by atoms with Crippen LogP contribution in [0.2, 0.25) is 5.02 Å². The number of hydrogen-bond acceptors (Lipinski definition) is 13. The molecule has 5 aliphatic rings. The van der Waals surface area contributed by atoms with E-state index in [4.69, 9.17) is 16.6 Å². The number of piperazine rings is 2. The Labute approximate surface area is 352 Å². The van der Waals surface area contributed by atoms with Crippen LogP contribution >= 0.6 is 11.6 Å². The van der Waals surface area contributed by atoms with Gasteiger partial charge in [0, 0.05) is 107 Å². The Balaban J connectivity index is 0.753. The van der Waals surface area contributed by atoms with Crippen LogP contribution in [0.15, 0.2) is 41.5 Å². The second-order valence-corrected chi connectivity index (χ2v) is 17.0. The maximum atomic E-state index is 13.6. The number of piperidine rings is 1. The fourth-order valence-electron chi connectivity index (χ4n) is 9.63. The second-order valence-electron chi connectivity index (χ2n) is 16.6. The molecule has 0 spiro atoms. The van der Waals surface area contributed by atoms with E-state index in [0.717, 1.165) is 108 Å². The number of carbonyl (C=O) groups excluding carboxylic acids is 4. The van der Waals surface area contributed by atoms with Gasteiger partial charge in [0.25, 0.3) is 11.5 Å². The van der Waals surface area contributed by atoms with Crippen molar-refractivity contribution >= 4 is 69.3 Å². The number of ketones is 1. The summed E-state index contributed by atoms with van der Waals surface area (Å²) in [5.41, 5.74) is 4.35. The van der Waals surface area contributed by atoms with Gasteiger partial charge in [-0.1, -0.05) is 24.4 Å². The summed E-state index contributed by atoms with van der Waals surface area (Å²) in [6, 6.07) is 7.07. The Morgan fingerprint density at radius 3 is 2.22 bits per heavy atom. The summed E-state index contributed by atoms with van der Waals surface area (Å²) in [4.78, 5) is 88.6. The average molecular weight is 836 g/mol. The fraction of sp³-hybridized carbons (Fsp3) is 0.488. The molecule has 0 bridgehead atoms. The zero-order valence-electron chi connectivity index (χ0n) is 34.1. The van der Waals surface area contributed by atoms with E-state index in [0.29, 0.717) is 45.4 Å². The van der Waals surface area contributed by atoms with Gasteiger partial charge in [0.15, 0.2) is 5.78 Å². The summed E-state index contributed by atoms with van der Waals surface area (Å²) in [6.07, 6.45) is 7.96. The molecule has 17 heteroatoms. The average Bonchev–Trinajstić information content (AvgIpc) is 3.89. The number of Topliss-reactive ketones (excluding diaryl/α,β-unsaturated/α-hetero) is 1. The van der Waals surface area contributed by atoms with Gasteiger partial charge < -0.3 is 20.0 Å². The summed E-state index contributed by atoms with van der Waals surface area (Å²) in [7, 11) is 0. The third-order valence-corrected chi connectivity index (χ3v) is 13.5. The number of nitrogens with zero attached hydrogens (tertiary/aromatic N) is 9. The minimum atomic E-state index is -0.666. The summed E-state index contributed by atoms with van der Waals surface area (Å²) in [6.45, 7) is 12.6. The van der Waals surface area contributed by atoms with Gasteiger partial charge in [-0.05, 0) is 62.9 Å². The number of pyridine rings is 2. The van der Waals surface area contributed by atoms with Gasteiger partial charge in [-0.3, -0.25) is 43.7 Å². The monoisotopic (exact) mass is 835 g/mol. The molecule has 1 aliphatic carbocycles. The van der Waals surface area contributed by atoms with Crippen molar-refractivity contribution in [3.63, 3.8) is 0 Å². The highest BCUT2D eigenvalue weighted by atomic mass is 35.5. The Morgan fingerprint density at radius 1 is 0.867 bits per heavy atom. The largest absolute Gasteiger partial charge is 0.368 e. The van der Waals surface area contributed by atoms with Gasteiger partial charge in [-0.15, -0.1) is 0 Å². The zero-order chi connectivity index (χ0) is 41.7. The van der Waals surface area contributed by atoms with E-state index >= 15 is 0 Å². The standard InChI is InChI=1S/C43H50ClN11O5/c1-26-31-24-46-43(49-39(31)55(28-5-3-4-6-28)42(60)37(26)27(2)56)47-35-11-7-29(23-45-35)52-19-15-50(16-20-52)13-14-51-17-21-53(22-18-51)33-9-8-30-32(38(33)44)25-54(41(30)59)34-10-12-36(57)48-40(34)58/h7-9,11,23-24,28,34H,3-6,10,12-22,25H2,1-2H3,(H,48,57,58)(H,45,46,47,49). The molecule has 4 aliphatic heterocycles. The number of amides is 3. The number of aryl methyl sites for hydroxylation is 1. The van der Waals surface area contributed by atoms with Crippen molar-refractivity contribution in [3.8, 4) is 0 Å². The second kappa shape index (κ2) is 16.5. The lowest BCUT2D eigenvalue weighted by atomic mass is 10.0. The van der Waals surface area contributed by atoms with Gasteiger partial charge in [-0.2, -0.15) is 4.98 Å². The molecule has 16 nitrogen and oxygen atoms in total. The van der Waals surface area contributed by atoms with E-state index in [1.54, 1.807) is 22.6 Å². The van der Waals surface area contributed by atoms with Crippen LogP contribution in [0.1, 0.15) is 83.3 Å². The highest BCUT2D eigenvalue weighted by Gasteiger charge is 2.40. The lowest BCUT2D eigenvalue weighted by Gasteiger charge is -2.39. The maximum absolute atomic E-state index is 13.6. The summed E-state index contributed by atoms with van der Waals surface area (Å²) < 4.78 is 1.72. The molecule has 60 heavy (non-hydrogen) atoms. The summed E-state index contributed by atoms with van der Waals surface area (Å²) in [5.74, 6) is -0.233. The molecule has 2 N–H and O–H groups in total. The van der Waals surface area contributed by atoms with E-state index in [9.17, 15) is 24.0 Å². The zero-order valence-corrected chi connectivity index (χ0v) is 34.8. The van der Waals surface area contributed by atoms with Crippen LogP contribution in [-0.2, 0) is 16.1 Å². The van der Waals surface area contributed by atoms with Gasteiger partial charge in [0.1, 0.15) is 17.5 Å². The molecule has 0 radical (unpaired) electrons. The van der Waals surface area contributed by atoms with E-state index in [-0.39, 0.29) is 47.7 Å². The van der Waals surface area contributed by atoms with Crippen molar-refractivity contribution in [1.82, 2.24) is 39.5 Å². The highest BCUT2D eigenvalue weighted by molar-refractivity contribution is 6.35. The normalized spacial score (nSPS) is 20.6. The van der Waals surface area contributed by atoms with Crippen LogP contribution in [0.4, 0.5) is 23.1 Å². The van der Waals surface area contributed by atoms with Crippen molar-refractivity contribution in [1.29, 1.82) is 0 Å². The molecule has 7 heterocycles. The first-order valence-electron chi connectivity index (χ1n) is 21.1. The van der Waals surface area contributed by atoms with Crippen molar-refractivity contribution in [2.75, 3.05) is 80.6 Å². The molecule has 1 unspecified atom stereocenters. The fourth-order valence-corrected chi connectivity index (χ4v) is 9.98. The van der Waals surface area contributed by atoms with Gasteiger partial charge in [0.05, 0.1) is 28.2 Å². The SMILES string of the molecule is CC(=O)c1c(C)c2cnc(Nc3ccc(N4CCN(CCN5CCN(c6ccc7c(c6Cl)CN(C6CCC(=O)NC6=O)C7=O)CC5)CC4)cn3)nc2n(C2CCCC2)c1=O. The molecule has 1 atom stereocenters. The maximum Gasteiger partial charge on any atom is 0.263 e. The van der Waals surface area contributed by atoms with E-state index < -0.39 is 11.9 Å².